The molecule has 0 saturated heterocycles. The molecule has 220 valence electrons. The highest BCUT2D eigenvalue weighted by atomic mass is 32.1. The van der Waals surface area contributed by atoms with Gasteiger partial charge in [-0.1, -0.05) is 19.4 Å². The monoisotopic (exact) mass is 594 g/mol. The Morgan fingerprint density at radius 2 is 1.95 bits per heavy atom. The first kappa shape index (κ1) is 27.6. The second kappa shape index (κ2) is 9.38. The molecule has 1 N–H and O–H groups in total. The van der Waals surface area contributed by atoms with Crippen molar-refractivity contribution in [3.05, 3.63) is 77.0 Å². The third-order valence-electron chi connectivity index (χ3n) is 11.0. The zero-order chi connectivity index (χ0) is 29.6. The predicted molar refractivity (Wildman–Crippen MR) is 152 cm³/mol. The maximum atomic E-state index is 14.0. The van der Waals surface area contributed by atoms with Crippen LogP contribution in [-0.4, -0.2) is 37.7 Å². The van der Waals surface area contributed by atoms with Crippen LogP contribution >= 0.6 is 12.6 Å². The summed E-state index contributed by atoms with van der Waals surface area (Å²) in [7, 11) is 0. The molecule has 7 nitrogen and oxygen atoms in total. The number of aliphatic hydroxyl groups excluding tert-OH is 1. The van der Waals surface area contributed by atoms with Gasteiger partial charge < -0.3 is 14.3 Å². The lowest BCUT2D eigenvalue weighted by atomic mass is 9.45. The fraction of sp³-hybridized carbons (Fsp3) is 0.469. The van der Waals surface area contributed by atoms with Gasteiger partial charge in [-0.2, -0.15) is 5.10 Å². The summed E-state index contributed by atoms with van der Waals surface area (Å²) in [6.45, 7) is 4.15. The summed E-state index contributed by atoms with van der Waals surface area (Å²) >= 11 is 4.24. The number of allylic oxidation sites excluding steroid dienone is 1. The molecule has 0 aliphatic heterocycles. The van der Waals surface area contributed by atoms with Gasteiger partial charge in [-0.15, -0.1) is 12.6 Å². The van der Waals surface area contributed by atoms with Crippen molar-refractivity contribution >= 4 is 29.8 Å². The number of benzene rings is 1. The molecule has 42 heavy (non-hydrogen) atoms. The van der Waals surface area contributed by atoms with E-state index >= 15 is 0 Å². The molecule has 7 atom stereocenters. The number of esters is 1. The number of aromatic nitrogens is 2. The van der Waals surface area contributed by atoms with Gasteiger partial charge in [0.15, 0.2) is 5.60 Å². The number of ether oxygens (including phenoxy) is 1. The molecule has 2 heterocycles. The van der Waals surface area contributed by atoms with Crippen molar-refractivity contribution in [1.29, 1.82) is 0 Å². The first-order chi connectivity index (χ1) is 20.0. The smallest absolute Gasteiger partial charge is 0.375 e. The van der Waals surface area contributed by atoms with E-state index in [1.807, 2.05) is 6.92 Å². The van der Waals surface area contributed by atoms with Crippen LogP contribution in [0.2, 0.25) is 0 Å². The molecular formula is C32H32F2N2O5S. The molecule has 0 bridgehead atoms. The highest BCUT2D eigenvalue weighted by Gasteiger charge is 2.70. The third-order valence-corrected chi connectivity index (χ3v) is 11.3. The summed E-state index contributed by atoms with van der Waals surface area (Å²) in [5.74, 6) is -2.00. The Morgan fingerprint density at radius 3 is 2.64 bits per heavy atom. The topological polar surface area (TPSA) is 94.6 Å². The summed E-state index contributed by atoms with van der Waals surface area (Å²) in [4.78, 5) is 26.2. The molecule has 0 spiro atoms. The average Bonchev–Trinajstić information content (AvgIpc) is 3.65. The van der Waals surface area contributed by atoms with Gasteiger partial charge in [-0.3, -0.25) is 4.79 Å². The van der Waals surface area contributed by atoms with Crippen LogP contribution in [0.4, 0.5) is 8.78 Å². The number of halogens is 2. The van der Waals surface area contributed by atoms with Crippen LogP contribution in [0.25, 0.3) is 11.8 Å². The summed E-state index contributed by atoms with van der Waals surface area (Å²) in [6, 6.07) is 6.45. The first-order valence-electron chi connectivity index (χ1n) is 14.4. The minimum absolute atomic E-state index is 0.0183. The van der Waals surface area contributed by atoms with E-state index in [9.17, 15) is 23.5 Å². The molecule has 1 aromatic carbocycles. The van der Waals surface area contributed by atoms with Crippen molar-refractivity contribution in [2.45, 2.75) is 64.1 Å². The minimum atomic E-state index is -1.48. The molecule has 3 saturated carbocycles. The zero-order valence-corrected chi connectivity index (χ0v) is 24.2. The average molecular weight is 595 g/mol. The molecule has 7 rings (SSSR count). The van der Waals surface area contributed by atoms with E-state index in [0.717, 1.165) is 30.2 Å². The van der Waals surface area contributed by atoms with Crippen LogP contribution in [0, 0.1) is 40.2 Å². The van der Waals surface area contributed by atoms with Gasteiger partial charge in [0.2, 0.25) is 10.9 Å². The standard InChI is InChI=1S/C32H32F2N2O5S/c1-30-14-17-16-35-36(21-12-19(33)11-20(34)13-21)24(17)10-18(30)5-6-22-23-7-8-32(29(39)42,31(23,2)15-25(37)27(22)30)41-28(38)26-4-3-9-40-26/h3-4,9-13,16,22-23,25,27,37H,5-8,14-15H2,1-2H3,(H,39,42)/t22-,23?,25-,27?,30-,31-,32-/m0/s1. The van der Waals surface area contributed by atoms with Gasteiger partial charge in [0.1, 0.15) is 11.6 Å². The van der Waals surface area contributed by atoms with Crippen molar-refractivity contribution in [2.75, 3.05) is 0 Å². The molecule has 10 heteroatoms. The van der Waals surface area contributed by atoms with E-state index in [2.05, 4.69) is 30.7 Å². The van der Waals surface area contributed by atoms with E-state index in [4.69, 9.17) is 9.15 Å². The van der Waals surface area contributed by atoms with Crippen molar-refractivity contribution in [2.24, 2.45) is 28.6 Å². The van der Waals surface area contributed by atoms with Gasteiger partial charge in [0, 0.05) is 11.5 Å². The van der Waals surface area contributed by atoms with E-state index in [-0.39, 0.29) is 35.3 Å². The van der Waals surface area contributed by atoms with E-state index in [1.165, 1.54) is 30.0 Å². The number of thiol groups is 1. The number of carbonyl (C=O) groups is 2. The van der Waals surface area contributed by atoms with Crippen LogP contribution in [0.3, 0.4) is 0 Å². The maximum absolute atomic E-state index is 14.0. The highest BCUT2D eigenvalue weighted by Crippen LogP contribution is 2.68. The second-order valence-corrected chi connectivity index (χ2v) is 13.3. The summed E-state index contributed by atoms with van der Waals surface area (Å²) in [5, 5.41) is 15.9. The third kappa shape index (κ3) is 3.76. The summed E-state index contributed by atoms with van der Waals surface area (Å²) < 4.78 is 40.8. The van der Waals surface area contributed by atoms with Gasteiger partial charge in [0.25, 0.3) is 0 Å². The second-order valence-electron chi connectivity index (χ2n) is 12.9. The van der Waals surface area contributed by atoms with Gasteiger partial charge >= 0.3 is 5.97 Å². The van der Waals surface area contributed by atoms with E-state index in [0.29, 0.717) is 24.9 Å². The lowest BCUT2D eigenvalue weighted by Gasteiger charge is -2.60. The van der Waals surface area contributed by atoms with Gasteiger partial charge in [-0.05, 0) is 97.6 Å². The number of nitrogens with zero attached hydrogens (tertiary/aromatic N) is 2. The highest BCUT2D eigenvalue weighted by molar-refractivity contribution is 7.96. The van der Waals surface area contributed by atoms with Gasteiger partial charge in [-0.25, -0.2) is 18.3 Å². The van der Waals surface area contributed by atoms with Crippen LogP contribution in [-0.2, 0) is 16.0 Å². The molecule has 4 aliphatic carbocycles. The van der Waals surface area contributed by atoms with Crippen LogP contribution in [0.15, 0.2) is 52.8 Å². The van der Waals surface area contributed by atoms with Crippen molar-refractivity contribution in [3.8, 4) is 5.69 Å². The molecule has 2 aromatic heterocycles. The number of aliphatic hydroxyl groups is 1. The first-order valence-corrected chi connectivity index (χ1v) is 14.8. The number of furan rings is 1. The minimum Gasteiger partial charge on any atom is -0.457 e. The normalized spacial score (nSPS) is 35.0. The molecule has 2 unspecified atom stereocenters. The Kier molecular flexibility index (Phi) is 6.16. The number of hydrogen-bond donors (Lipinski definition) is 2. The predicted octanol–water partition coefficient (Wildman–Crippen LogP) is 5.95. The Bertz CT molecular complexity index is 1610. The number of carbonyl (C=O) groups excluding carboxylic acids is 2. The molecule has 3 fully saturated rings. The number of fused-ring (bicyclic) bond motifs is 6. The summed E-state index contributed by atoms with van der Waals surface area (Å²) in [6.07, 6.45) is 7.92. The number of hydrogen-bond acceptors (Lipinski definition) is 6. The number of rotatable bonds is 4. The molecule has 0 radical (unpaired) electrons. The largest absolute Gasteiger partial charge is 0.457 e. The molecular weight excluding hydrogens is 562 g/mol. The van der Waals surface area contributed by atoms with Crippen LogP contribution in [0.5, 0.6) is 0 Å². The van der Waals surface area contributed by atoms with Crippen LogP contribution in [0.1, 0.15) is 67.8 Å². The molecule has 4 aliphatic rings. The van der Waals surface area contributed by atoms with Crippen molar-refractivity contribution in [3.63, 3.8) is 0 Å². The van der Waals surface area contributed by atoms with Crippen molar-refractivity contribution < 1.29 is 32.6 Å². The van der Waals surface area contributed by atoms with Gasteiger partial charge in [0.05, 0.1) is 29.9 Å². The summed E-state index contributed by atoms with van der Waals surface area (Å²) in [5.41, 5.74) is 0.582. The van der Waals surface area contributed by atoms with Crippen LogP contribution < -0.4 is 0 Å². The Morgan fingerprint density at radius 1 is 1.19 bits per heavy atom. The zero-order valence-electron chi connectivity index (χ0n) is 23.3. The Hall–Kier alpha value is -3.24. The molecule has 0 amide bonds. The fourth-order valence-corrected chi connectivity index (χ4v) is 9.62. The van der Waals surface area contributed by atoms with E-state index < -0.39 is 39.8 Å². The quantitative estimate of drug-likeness (QED) is 0.287. The lowest BCUT2D eigenvalue weighted by molar-refractivity contribution is -0.174. The van der Waals surface area contributed by atoms with Crippen molar-refractivity contribution in [1.82, 2.24) is 9.78 Å². The maximum Gasteiger partial charge on any atom is 0.375 e. The SMILES string of the molecule is C[C@]12Cc3cnn(-c4cc(F)cc(F)c4)c3C=C1CC[C@@H]1C2[C@@H](O)C[C@@]2(C)C1CC[C@]2(OC(=O)c1ccco1)C(=O)S. The Balaban J connectivity index is 1.23. The lowest BCUT2D eigenvalue weighted by Crippen LogP contribution is -2.62. The molecule has 3 aromatic rings. The van der Waals surface area contributed by atoms with E-state index in [1.54, 1.807) is 16.9 Å². The Labute approximate surface area is 247 Å². The fourth-order valence-electron chi connectivity index (χ4n) is 9.21.